The van der Waals surface area contributed by atoms with E-state index in [9.17, 15) is 18.7 Å². The van der Waals surface area contributed by atoms with Gasteiger partial charge in [-0.3, -0.25) is 4.90 Å². The number of allylic oxidation sites excluding steroid dienone is 1. The molecular weight excluding hydrogens is 554 g/mol. The Hall–Kier alpha value is -4.05. The number of methoxy groups -OCH3 is 1. The summed E-state index contributed by atoms with van der Waals surface area (Å²) in [6.07, 6.45) is 9.40. The minimum Gasteiger partial charge on any atom is -0.508 e. The number of aromatic nitrogens is 2. The van der Waals surface area contributed by atoms with Crippen molar-refractivity contribution in [3.8, 4) is 23.1 Å². The second kappa shape index (κ2) is 12.3. The minimum atomic E-state index is -0.661. The van der Waals surface area contributed by atoms with Gasteiger partial charge in [-0.1, -0.05) is 23.8 Å². The fraction of sp³-hybridized carbons (Fsp3) is 0.424. The van der Waals surface area contributed by atoms with E-state index in [-0.39, 0.29) is 33.9 Å². The number of fused-ring (bicyclic) bond motifs is 3. The summed E-state index contributed by atoms with van der Waals surface area (Å²) < 4.78 is 38.4. The molecule has 8 nitrogen and oxygen atoms in total. The SMILES string of the molecule is COc1nc(NCC2=CCCCC2)c2c(=O)oc(-c3cc(O)cc4cccc(F)c34)c(C)c2n1.FC1CC2CCCN2C1. The molecule has 2 aromatic heterocycles. The molecule has 2 unspecified atom stereocenters. The van der Waals surface area contributed by atoms with Gasteiger partial charge in [0.25, 0.3) is 0 Å². The number of hydrogen-bond donors (Lipinski definition) is 2. The molecule has 10 heteroatoms. The van der Waals surface area contributed by atoms with Gasteiger partial charge in [0.15, 0.2) is 0 Å². The third kappa shape index (κ3) is 5.93. The van der Waals surface area contributed by atoms with Crippen molar-refractivity contribution in [2.75, 3.05) is 32.1 Å². The molecule has 2 aromatic carbocycles. The summed E-state index contributed by atoms with van der Waals surface area (Å²) in [4.78, 5) is 24.3. The third-order valence-corrected chi connectivity index (χ3v) is 8.65. The Morgan fingerprint density at radius 1 is 1.19 bits per heavy atom. The maximum atomic E-state index is 14.8. The number of anilines is 1. The summed E-state index contributed by atoms with van der Waals surface area (Å²) in [5.41, 5.74) is 1.71. The quantitative estimate of drug-likeness (QED) is 0.249. The molecule has 2 fully saturated rings. The van der Waals surface area contributed by atoms with Crippen LogP contribution >= 0.6 is 0 Å². The summed E-state index contributed by atoms with van der Waals surface area (Å²) >= 11 is 0. The highest BCUT2D eigenvalue weighted by Gasteiger charge is 2.34. The monoisotopic (exact) mass is 590 g/mol. The zero-order chi connectivity index (χ0) is 30.1. The zero-order valence-corrected chi connectivity index (χ0v) is 24.5. The van der Waals surface area contributed by atoms with Gasteiger partial charge in [0.05, 0.1) is 12.6 Å². The summed E-state index contributed by atoms with van der Waals surface area (Å²) in [7, 11) is 1.45. The number of hydrogen-bond acceptors (Lipinski definition) is 8. The molecule has 4 heterocycles. The number of aromatic hydroxyl groups is 1. The molecule has 3 aliphatic rings. The van der Waals surface area contributed by atoms with Gasteiger partial charge in [-0.2, -0.15) is 9.97 Å². The first-order valence-electron chi connectivity index (χ1n) is 14.9. The number of halogens is 2. The Balaban J connectivity index is 0.000000310. The number of rotatable bonds is 5. The number of aryl methyl sites for hydroxylation is 1. The van der Waals surface area contributed by atoms with E-state index in [4.69, 9.17) is 9.15 Å². The maximum Gasteiger partial charge on any atom is 0.349 e. The predicted molar refractivity (Wildman–Crippen MR) is 163 cm³/mol. The van der Waals surface area contributed by atoms with Crippen molar-refractivity contribution in [2.24, 2.45) is 0 Å². The molecule has 0 amide bonds. The van der Waals surface area contributed by atoms with Gasteiger partial charge in [-0.25, -0.2) is 13.6 Å². The van der Waals surface area contributed by atoms with Crippen LogP contribution in [0.2, 0.25) is 0 Å². The number of benzene rings is 2. The van der Waals surface area contributed by atoms with Crippen LogP contribution in [0.5, 0.6) is 11.8 Å². The molecule has 2 aliphatic heterocycles. The van der Waals surface area contributed by atoms with E-state index < -0.39 is 17.6 Å². The second-order valence-electron chi connectivity index (χ2n) is 11.5. The highest BCUT2D eigenvalue weighted by Crippen LogP contribution is 2.38. The number of phenolic OH excluding ortho intramolecular Hbond substituents is 1. The van der Waals surface area contributed by atoms with E-state index in [2.05, 4.69) is 26.3 Å². The van der Waals surface area contributed by atoms with E-state index in [1.165, 1.54) is 50.1 Å². The molecule has 0 spiro atoms. The maximum absolute atomic E-state index is 14.8. The number of alkyl halides is 1. The van der Waals surface area contributed by atoms with Gasteiger partial charge in [0, 0.05) is 35.6 Å². The van der Waals surface area contributed by atoms with Crippen molar-refractivity contribution in [3.05, 3.63) is 63.8 Å². The van der Waals surface area contributed by atoms with Crippen LogP contribution in [-0.2, 0) is 0 Å². The molecule has 226 valence electrons. The molecule has 43 heavy (non-hydrogen) atoms. The van der Waals surface area contributed by atoms with Crippen LogP contribution in [0.15, 0.2) is 51.2 Å². The lowest BCUT2D eigenvalue weighted by Gasteiger charge is -2.16. The Bertz CT molecular complexity index is 1740. The molecule has 2 N–H and O–H groups in total. The van der Waals surface area contributed by atoms with Gasteiger partial charge in [-0.05, 0) is 82.0 Å². The second-order valence-corrected chi connectivity index (χ2v) is 11.5. The number of nitrogens with zero attached hydrogens (tertiary/aromatic N) is 3. The van der Waals surface area contributed by atoms with Gasteiger partial charge in [0.1, 0.15) is 34.7 Å². The Morgan fingerprint density at radius 2 is 2.05 bits per heavy atom. The van der Waals surface area contributed by atoms with Gasteiger partial charge in [-0.15, -0.1) is 0 Å². The van der Waals surface area contributed by atoms with Crippen LogP contribution < -0.4 is 15.7 Å². The van der Waals surface area contributed by atoms with E-state index in [0.29, 0.717) is 41.4 Å². The van der Waals surface area contributed by atoms with Crippen molar-refractivity contribution in [1.82, 2.24) is 14.9 Å². The number of ether oxygens (including phenoxy) is 1. The molecule has 1 aliphatic carbocycles. The van der Waals surface area contributed by atoms with Crippen LogP contribution in [-0.4, -0.2) is 58.9 Å². The fourth-order valence-corrected chi connectivity index (χ4v) is 6.54. The average molecular weight is 591 g/mol. The number of phenols is 1. The van der Waals surface area contributed by atoms with Gasteiger partial charge >= 0.3 is 11.6 Å². The molecule has 4 aromatic rings. The van der Waals surface area contributed by atoms with Crippen molar-refractivity contribution in [1.29, 1.82) is 0 Å². The lowest BCUT2D eigenvalue weighted by atomic mass is 9.98. The Labute approximate surface area is 248 Å². The smallest absolute Gasteiger partial charge is 0.349 e. The predicted octanol–water partition coefficient (Wildman–Crippen LogP) is 6.67. The first kappa shape index (κ1) is 29.0. The van der Waals surface area contributed by atoms with Crippen LogP contribution in [0, 0.1) is 12.7 Å². The molecule has 0 radical (unpaired) electrons. The van der Waals surface area contributed by atoms with E-state index in [1.54, 1.807) is 19.1 Å². The topological polar surface area (TPSA) is 101 Å². The zero-order valence-electron chi connectivity index (χ0n) is 24.5. The van der Waals surface area contributed by atoms with Crippen molar-refractivity contribution >= 4 is 27.5 Å². The van der Waals surface area contributed by atoms with Crippen molar-refractivity contribution in [3.63, 3.8) is 0 Å². The fourth-order valence-electron chi connectivity index (χ4n) is 6.54. The average Bonchev–Trinajstić information content (AvgIpc) is 3.59. The minimum absolute atomic E-state index is 0.0707. The van der Waals surface area contributed by atoms with Crippen LogP contribution in [0.3, 0.4) is 0 Å². The normalized spacial score (nSPS) is 20.0. The largest absolute Gasteiger partial charge is 0.508 e. The molecule has 0 bridgehead atoms. The highest BCUT2D eigenvalue weighted by atomic mass is 19.1. The van der Waals surface area contributed by atoms with Crippen molar-refractivity contribution < 1.29 is 23.0 Å². The summed E-state index contributed by atoms with van der Waals surface area (Å²) in [5.74, 6) is -0.106. The lowest BCUT2D eigenvalue weighted by Crippen LogP contribution is -2.22. The van der Waals surface area contributed by atoms with Crippen LogP contribution in [0.4, 0.5) is 14.6 Å². The van der Waals surface area contributed by atoms with Gasteiger partial charge < -0.3 is 19.6 Å². The molecule has 2 saturated heterocycles. The molecular formula is C33H36F2N4O4. The number of nitrogens with one attached hydrogen (secondary N) is 1. The molecule has 2 atom stereocenters. The Kier molecular flexibility index (Phi) is 8.30. The first-order chi connectivity index (χ1) is 20.8. The van der Waals surface area contributed by atoms with Crippen molar-refractivity contribution in [2.45, 2.75) is 64.1 Å². The van der Waals surface area contributed by atoms with E-state index >= 15 is 0 Å². The first-order valence-corrected chi connectivity index (χ1v) is 14.9. The summed E-state index contributed by atoms with van der Waals surface area (Å²) in [5, 5.41) is 14.4. The van der Waals surface area contributed by atoms with Crippen LogP contribution in [0.1, 0.15) is 50.5 Å². The summed E-state index contributed by atoms with van der Waals surface area (Å²) in [6.45, 7) is 4.14. The van der Waals surface area contributed by atoms with Crippen LogP contribution in [0.25, 0.3) is 33.0 Å². The lowest BCUT2D eigenvalue weighted by molar-refractivity contribution is 0.292. The third-order valence-electron chi connectivity index (χ3n) is 8.65. The summed E-state index contributed by atoms with van der Waals surface area (Å²) in [6, 6.07) is 8.12. The van der Waals surface area contributed by atoms with Gasteiger partial charge in [0.2, 0.25) is 0 Å². The molecule has 7 rings (SSSR count). The van der Waals surface area contributed by atoms with E-state index in [0.717, 1.165) is 32.2 Å². The molecule has 0 saturated carbocycles. The highest BCUT2D eigenvalue weighted by molar-refractivity contribution is 6.00. The Morgan fingerprint density at radius 3 is 2.81 bits per heavy atom. The van der Waals surface area contributed by atoms with E-state index in [1.807, 2.05) is 0 Å². The standard InChI is InChI=1S/C26H24FN3O4.C7H12FN/c1-14-22-21(24(30-26(29-22)33-2)28-13-15-7-4-3-5-8-15)25(32)34-23(14)18-12-17(31)11-16-9-6-10-19(27)20(16)18;8-6-4-7-2-1-3-9(7)5-6/h6-7,9-12,31H,3-5,8,13H2,1-2H3,(H,28,29,30);6-7H,1-5H2.